The fraction of sp³-hybridized carbons (Fsp3) is 0.0625. The lowest BCUT2D eigenvalue weighted by atomic mass is 10.2. The zero-order chi connectivity index (χ0) is 15.9. The summed E-state index contributed by atoms with van der Waals surface area (Å²) in [5.41, 5.74) is 3.70. The Bertz CT molecular complexity index is 729. The van der Waals surface area contributed by atoms with Crippen molar-refractivity contribution in [2.75, 3.05) is 0 Å². The van der Waals surface area contributed by atoms with E-state index >= 15 is 0 Å². The number of amides is 1. The lowest BCUT2D eigenvalue weighted by molar-refractivity contribution is -0.131. The van der Waals surface area contributed by atoms with E-state index in [1.807, 2.05) is 12.1 Å². The van der Waals surface area contributed by atoms with Crippen LogP contribution >= 0.6 is 22.6 Å². The minimum atomic E-state index is -0.388. The molecular formula is C16H13IN2O3. The largest absolute Gasteiger partial charge is 0.427 e. The molecule has 2 rings (SSSR count). The Hall–Kier alpha value is -2.22. The van der Waals surface area contributed by atoms with Gasteiger partial charge in [0.15, 0.2) is 0 Å². The molecule has 0 fully saturated rings. The zero-order valence-corrected chi connectivity index (χ0v) is 13.9. The molecule has 0 saturated carbocycles. The summed E-state index contributed by atoms with van der Waals surface area (Å²) in [6, 6.07) is 14.0. The summed E-state index contributed by atoms with van der Waals surface area (Å²) in [6.45, 7) is 1.34. The number of nitrogens with one attached hydrogen (secondary N) is 1. The summed E-state index contributed by atoms with van der Waals surface area (Å²) < 4.78 is 5.95. The zero-order valence-electron chi connectivity index (χ0n) is 11.7. The van der Waals surface area contributed by atoms with Gasteiger partial charge in [-0.15, -0.1) is 0 Å². The highest BCUT2D eigenvalue weighted by molar-refractivity contribution is 14.1. The van der Waals surface area contributed by atoms with Gasteiger partial charge in [-0.3, -0.25) is 9.59 Å². The van der Waals surface area contributed by atoms with E-state index in [4.69, 9.17) is 4.74 Å². The Morgan fingerprint density at radius 3 is 2.68 bits per heavy atom. The van der Waals surface area contributed by atoms with Gasteiger partial charge in [0.25, 0.3) is 5.91 Å². The van der Waals surface area contributed by atoms with Crippen LogP contribution in [-0.4, -0.2) is 18.1 Å². The quantitative estimate of drug-likeness (QED) is 0.278. The van der Waals surface area contributed by atoms with E-state index in [0.717, 1.165) is 3.57 Å². The van der Waals surface area contributed by atoms with Crippen molar-refractivity contribution in [3.8, 4) is 5.75 Å². The molecule has 5 nitrogen and oxygen atoms in total. The third-order valence-corrected chi connectivity index (χ3v) is 3.26. The van der Waals surface area contributed by atoms with Crippen LogP contribution in [0.4, 0.5) is 0 Å². The fourth-order valence-electron chi connectivity index (χ4n) is 1.68. The van der Waals surface area contributed by atoms with Gasteiger partial charge in [-0.2, -0.15) is 5.10 Å². The Balaban J connectivity index is 2.00. The third kappa shape index (κ3) is 4.96. The van der Waals surface area contributed by atoms with Crippen LogP contribution in [0.5, 0.6) is 5.75 Å². The summed E-state index contributed by atoms with van der Waals surface area (Å²) in [5.74, 6) is -0.243. The number of rotatable bonds is 4. The number of benzene rings is 2. The summed E-state index contributed by atoms with van der Waals surface area (Å²) in [5, 5.41) is 3.90. The molecule has 22 heavy (non-hydrogen) atoms. The van der Waals surface area contributed by atoms with E-state index in [-0.39, 0.29) is 11.9 Å². The van der Waals surface area contributed by atoms with Crippen molar-refractivity contribution in [3.63, 3.8) is 0 Å². The second-order valence-corrected chi connectivity index (χ2v) is 5.62. The molecule has 0 heterocycles. The van der Waals surface area contributed by atoms with Gasteiger partial charge >= 0.3 is 5.97 Å². The number of hydrogen-bond acceptors (Lipinski definition) is 4. The first kappa shape index (κ1) is 16.2. The average Bonchev–Trinajstić information content (AvgIpc) is 2.47. The van der Waals surface area contributed by atoms with Gasteiger partial charge in [0.1, 0.15) is 5.75 Å². The molecule has 0 aliphatic carbocycles. The number of hydrogen-bond donors (Lipinski definition) is 1. The van der Waals surface area contributed by atoms with Gasteiger partial charge in [-0.1, -0.05) is 18.2 Å². The number of nitrogens with zero attached hydrogens (tertiary/aromatic N) is 1. The Morgan fingerprint density at radius 2 is 1.95 bits per heavy atom. The van der Waals surface area contributed by atoms with Crippen LogP contribution in [0, 0.1) is 3.57 Å². The fourth-order valence-corrected chi connectivity index (χ4v) is 2.23. The summed E-state index contributed by atoms with van der Waals surface area (Å²) >= 11 is 2.14. The van der Waals surface area contributed by atoms with Crippen LogP contribution in [0.3, 0.4) is 0 Å². The lowest BCUT2D eigenvalue weighted by Crippen LogP contribution is -2.17. The first-order valence-corrected chi connectivity index (χ1v) is 7.50. The molecule has 0 saturated heterocycles. The van der Waals surface area contributed by atoms with E-state index in [1.54, 1.807) is 36.4 Å². The van der Waals surface area contributed by atoms with Crippen LogP contribution in [0.1, 0.15) is 22.8 Å². The molecule has 0 aromatic heterocycles. The normalized spacial score (nSPS) is 10.5. The average molecular weight is 408 g/mol. The van der Waals surface area contributed by atoms with Gasteiger partial charge < -0.3 is 4.74 Å². The van der Waals surface area contributed by atoms with E-state index in [2.05, 4.69) is 33.1 Å². The third-order valence-electron chi connectivity index (χ3n) is 2.59. The van der Waals surface area contributed by atoms with Crippen molar-refractivity contribution >= 4 is 40.7 Å². The maximum absolute atomic E-state index is 11.9. The van der Waals surface area contributed by atoms with Crippen LogP contribution in [-0.2, 0) is 4.79 Å². The minimum Gasteiger partial charge on any atom is -0.427 e. The maximum Gasteiger partial charge on any atom is 0.308 e. The lowest BCUT2D eigenvalue weighted by Gasteiger charge is -2.02. The molecular weight excluding hydrogens is 395 g/mol. The van der Waals surface area contributed by atoms with E-state index in [9.17, 15) is 9.59 Å². The number of halogens is 1. The number of hydrazone groups is 1. The first-order chi connectivity index (χ1) is 10.5. The standard InChI is InChI=1S/C16H13IN2O3/c1-11(20)22-15-7-2-4-12(8-15)10-18-19-16(21)13-5-3-6-14(17)9-13/h2-10H,1H3,(H,19,21)/b18-10-. The second-order valence-electron chi connectivity index (χ2n) is 4.38. The Morgan fingerprint density at radius 1 is 1.18 bits per heavy atom. The van der Waals surface area contributed by atoms with Crippen LogP contribution in [0.25, 0.3) is 0 Å². The molecule has 0 atom stereocenters. The molecule has 0 radical (unpaired) electrons. The molecule has 2 aromatic rings. The molecule has 1 N–H and O–H groups in total. The first-order valence-electron chi connectivity index (χ1n) is 6.42. The van der Waals surface area contributed by atoms with Crippen LogP contribution in [0.15, 0.2) is 53.6 Å². The molecule has 0 bridgehead atoms. The van der Waals surface area contributed by atoms with Crippen molar-refractivity contribution < 1.29 is 14.3 Å². The highest BCUT2D eigenvalue weighted by Gasteiger charge is 2.04. The predicted molar refractivity (Wildman–Crippen MR) is 92.0 cm³/mol. The minimum absolute atomic E-state index is 0.286. The summed E-state index contributed by atoms with van der Waals surface area (Å²) in [7, 11) is 0. The molecule has 1 amide bonds. The van der Waals surface area contributed by atoms with Crippen molar-refractivity contribution in [3.05, 3.63) is 63.2 Å². The van der Waals surface area contributed by atoms with Crippen molar-refractivity contribution in [1.82, 2.24) is 5.43 Å². The molecule has 0 aliphatic rings. The monoisotopic (exact) mass is 408 g/mol. The smallest absolute Gasteiger partial charge is 0.308 e. The Kier molecular flexibility index (Phi) is 5.65. The highest BCUT2D eigenvalue weighted by Crippen LogP contribution is 2.12. The Labute approximate surface area is 141 Å². The number of ether oxygens (including phenoxy) is 1. The van der Waals surface area contributed by atoms with Gasteiger partial charge in [-0.05, 0) is 58.5 Å². The number of carbonyl (C=O) groups is 2. The van der Waals surface area contributed by atoms with E-state index < -0.39 is 0 Å². The van der Waals surface area contributed by atoms with Crippen LogP contribution in [0.2, 0.25) is 0 Å². The summed E-state index contributed by atoms with van der Waals surface area (Å²) in [6.07, 6.45) is 1.48. The second kappa shape index (κ2) is 7.69. The molecule has 0 unspecified atom stereocenters. The number of esters is 1. The summed E-state index contributed by atoms with van der Waals surface area (Å²) in [4.78, 5) is 22.8. The van der Waals surface area contributed by atoms with Gasteiger partial charge in [0, 0.05) is 16.1 Å². The molecule has 6 heteroatoms. The van der Waals surface area contributed by atoms with Gasteiger partial charge in [0.2, 0.25) is 0 Å². The topological polar surface area (TPSA) is 67.8 Å². The molecule has 0 aliphatic heterocycles. The predicted octanol–water partition coefficient (Wildman–Crippen LogP) is 2.98. The maximum atomic E-state index is 11.9. The van der Waals surface area contributed by atoms with E-state index in [0.29, 0.717) is 16.9 Å². The van der Waals surface area contributed by atoms with Crippen molar-refractivity contribution in [2.45, 2.75) is 6.92 Å². The SMILES string of the molecule is CC(=O)Oc1cccc(/C=N\NC(=O)c2cccc(I)c2)c1. The van der Waals surface area contributed by atoms with E-state index in [1.165, 1.54) is 13.1 Å². The van der Waals surface area contributed by atoms with Gasteiger partial charge in [0.05, 0.1) is 6.21 Å². The molecule has 2 aromatic carbocycles. The molecule has 112 valence electrons. The highest BCUT2D eigenvalue weighted by atomic mass is 127. The van der Waals surface area contributed by atoms with Crippen molar-refractivity contribution in [2.24, 2.45) is 5.10 Å². The van der Waals surface area contributed by atoms with Crippen molar-refractivity contribution in [1.29, 1.82) is 0 Å². The van der Waals surface area contributed by atoms with Crippen LogP contribution < -0.4 is 10.2 Å². The van der Waals surface area contributed by atoms with Gasteiger partial charge in [-0.25, -0.2) is 5.43 Å². The molecule has 0 spiro atoms. The number of carbonyl (C=O) groups excluding carboxylic acids is 2.